The number of nitrogens with zero attached hydrogens (tertiary/aromatic N) is 3. The predicted molar refractivity (Wildman–Crippen MR) is 114 cm³/mol. The molecule has 0 saturated carbocycles. The van der Waals surface area contributed by atoms with Crippen LogP contribution in [0.2, 0.25) is 0 Å². The van der Waals surface area contributed by atoms with Gasteiger partial charge in [-0.15, -0.1) is 0 Å². The number of pyridine rings is 1. The van der Waals surface area contributed by atoms with Crippen molar-refractivity contribution in [3.8, 4) is 0 Å². The topological polar surface area (TPSA) is 65.5 Å². The molecule has 0 bridgehead atoms. The summed E-state index contributed by atoms with van der Waals surface area (Å²) >= 11 is 0. The van der Waals surface area contributed by atoms with Gasteiger partial charge in [-0.05, 0) is 36.2 Å². The first-order valence-corrected chi connectivity index (χ1v) is 9.64. The Bertz CT molecular complexity index is 975. The third kappa shape index (κ3) is 4.43. The lowest BCUT2D eigenvalue weighted by Gasteiger charge is -2.18. The summed E-state index contributed by atoms with van der Waals surface area (Å²) < 4.78 is 0. The zero-order valence-corrected chi connectivity index (χ0v) is 16.0. The first-order chi connectivity index (χ1) is 14.2. The van der Waals surface area contributed by atoms with Crippen molar-refractivity contribution in [1.29, 1.82) is 0 Å². The van der Waals surface area contributed by atoms with E-state index in [-0.39, 0.29) is 11.9 Å². The lowest BCUT2D eigenvalue weighted by molar-refractivity contribution is -0.116. The molecule has 6 heteroatoms. The quantitative estimate of drug-likeness (QED) is 0.694. The number of hydrogen-bond acceptors (Lipinski definition) is 3. The number of rotatable bonds is 6. The number of benzene rings is 2. The number of nitrogens with one attached hydrogen (secondary N) is 1. The van der Waals surface area contributed by atoms with Crippen molar-refractivity contribution < 1.29 is 9.59 Å². The average Bonchev–Trinajstić information content (AvgIpc) is 3.15. The highest BCUT2D eigenvalue weighted by Gasteiger charge is 2.31. The summed E-state index contributed by atoms with van der Waals surface area (Å²) in [4.78, 5) is 32.7. The summed E-state index contributed by atoms with van der Waals surface area (Å²) in [5.41, 5.74) is 2.63. The van der Waals surface area contributed by atoms with Gasteiger partial charge in [0.2, 0.25) is 5.91 Å². The fraction of sp³-hybridized carbons (Fsp3) is 0.174. The number of carbonyl (C=O) groups is 2. The van der Waals surface area contributed by atoms with Crippen LogP contribution in [0.3, 0.4) is 0 Å². The van der Waals surface area contributed by atoms with E-state index in [4.69, 9.17) is 0 Å². The highest BCUT2D eigenvalue weighted by atomic mass is 16.2. The minimum atomic E-state index is -0.0941. The first kappa shape index (κ1) is 18.7. The van der Waals surface area contributed by atoms with Gasteiger partial charge in [0, 0.05) is 25.2 Å². The lowest BCUT2D eigenvalue weighted by Crippen LogP contribution is -2.32. The van der Waals surface area contributed by atoms with Crippen LogP contribution in [-0.2, 0) is 11.2 Å². The van der Waals surface area contributed by atoms with Crippen molar-refractivity contribution >= 4 is 29.1 Å². The zero-order valence-electron chi connectivity index (χ0n) is 16.0. The van der Waals surface area contributed by atoms with Crippen LogP contribution >= 0.6 is 0 Å². The third-order valence-electron chi connectivity index (χ3n) is 4.87. The van der Waals surface area contributed by atoms with Gasteiger partial charge < -0.3 is 5.32 Å². The number of carbonyl (C=O) groups excluding carboxylic acids is 2. The molecule has 3 aromatic rings. The largest absolute Gasteiger partial charge is 0.330 e. The van der Waals surface area contributed by atoms with Gasteiger partial charge in [-0.1, -0.05) is 48.5 Å². The van der Waals surface area contributed by atoms with E-state index in [2.05, 4.69) is 10.3 Å². The third-order valence-corrected chi connectivity index (χ3v) is 4.87. The standard InChI is InChI=1S/C23H22N4O2/c28-22(14-11-18-7-3-1-4-8-18)25-19-12-13-21(24-17-19)27-16-15-26(23(27)29)20-9-5-2-6-10-20/h1-10,12-13,17H,11,14-16H2,(H,25,28). The van der Waals surface area contributed by atoms with Gasteiger partial charge in [-0.2, -0.15) is 0 Å². The van der Waals surface area contributed by atoms with Crippen LogP contribution in [0.25, 0.3) is 0 Å². The highest BCUT2D eigenvalue weighted by molar-refractivity contribution is 6.05. The number of anilines is 3. The molecule has 1 saturated heterocycles. The summed E-state index contributed by atoms with van der Waals surface area (Å²) in [7, 11) is 0. The van der Waals surface area contributed by atoms with E-state index < -0.39 is 0 Å². The molecular weight excluding hydrogens is 364 g/mol. The molecule has 4 rings (SSSR count). The average molecular weight is 386 g/mol. The summed E-state index contributed by atoms with van der Waals surface area (Å²) in [6.07, 6.45) is 2.69. The van der Waals surface area contributed by atoms with Gasteiger partial charge in [-0.25, -0.2) is 9.78 Å². The second kappa shape index (κ2) is 8.56. The van der Waals surface area contributed by atoms with E-state index >= 15 is 0 Å². The molecule has 1 fully saturated rings. The Balaban J connectivity index is 1.34. The molecule has 146 valence electrons. The van der Waals surface area contributed by atoms with Crippen molar-refractivity contribution in [3.05, 3.63) is 84.6 Å². The molecule has 0 aliphatic carbocycles. The maximum atomic E-state index is 12.7. The van der Waals surface area contributed by atoms with Crippen molar-refractivity contribution in [1.82, 2.24) is 4.98 Å². The molecule has 0 unspecified atom stereocenters. The fourth-order valence-electron chi connectivity index (χ4n) is 3.34. The zero-order chi connectivity index (χ0) is 20.1. The summed E-state index contributed by atoms with van der Waals surface area (Å²) in [5, 5.41) is 2.86. The molecule has 0 radical (unpaired) electrons. The van der Waals surface area contributed by atoms with Crippen LogP contribution in [0.1, 0.15) is 12.0 Å². The number of hydrogen-bond donors (Lipinski definition) is 1. The van der Waals surface area contributed by atoms with Gasteiger partial charge >= 0.3 is 6.03 Å². The molecule has 2 aromatic carbocycles. The predicted octanol–water partition coefficient (Wildman–Crippen LogP) is 4.10. The smallest absolute Gasteiger partial charge is 0.325 e. The van der Waals surface area contributed by atoms with Crippen molar-refractivity contribution in [3.63, 3.8) is 0 Å². The maximum absolute atomic E-state index is 12.7. The molecule has 1 aliphatic heterocycles. The Morgan fingerprint density at radius 1 is 0.897 bits per heavy atom. The minimum Gasteiger partial charge on any atom is -0.325 e. The monoisotopic (exact) mass is 386 g/mol. The lowest BCUT2D eigenvalue weighted by atomic mass is 10.1. The molecule has 0 atom stereocenters. The number of urea groups is 1. The maximum Gasteiger partial charge on any atom is 0.330 e. The van der Waals surface area contributed by atoms with Crippen LogP contribution in [0.4, 0.5) is 22.0 Å². The molecule has 1 N–H and O–H groups in total. The van der Waals surface area contributed by atoms with Crippen molar-refractivity contribution in [2.24, 2.45) is 0 Å². The Morgan fingerprint density at radius 3 is 2.28 bits per heavy atom. The molecular formula is C23H22N4O2. The fourth-order valence-corrected chi connectivity index (χ4v) is 3.34. The van der Waals surface area contributed by atoms with Crippen LogP contribution in [-0.4, -0.2) is 30.0 Å². The van der Waals surface area contributed by atoms with Crippen LogP contribution < -0.4 is 15.1 Å². The normalized spacial score (nSPS) is 13.6. The summed E-state index contributed by atoms with van der Waals surface area (Å²) in [6, 6.07) is 23.0. The number of para-hydroxylation sites is 1. The second-order valence-electron chi connectivity index (χ2n) is 6.86. The van der Waals surface area contributed by atoms with E-state index in [1.54, 1.807) is 28.1 Å². The Kier molecular flexibility index (Phi) is 5.52. The van der Waals surface area contributed by atoms with Crippen molar-refractivity contribution in [2.45, 2.75) is 12.8 Å². The van der Waals surface area contributed by atoms with Gasteiger partial charge in [0.1, 0.15) is 5.82 Å². The molecule has 1 aliphatic rings. The molecule has 2 heterocycles. The van der Waals surface area contributed by atoms with Gasteiger partial charge in [0.15, 0.2) is 0 Å². The van der Waals surface area contributed by atoms with Crippen LogP contribution in [0.15, 0.2) is 79.0 Å². The Labute approximate surface area is 169 Å². The van der Waals surface area contributed by atoms with E-state index in [1.807, 2.05) is 60.7 Å². The van der Waals surface area contributed by atoms with E-state index in [9.17, 15) is 9.59 Å². The van der Waals surface area contributed by atoms with E-state index in [0.29, 0.717) is 37.4 Å². The number of aromatic nitrogens is 1. The van der Waals surface area contributed by atoms with E-state index in [1.165, 1.54) is 0 Å². The van der Waals surface area contributed by atoms with E-state index in [0.717, 1.165) is 11.3 Å². The first-order valence-electron chi connectivity index (χ1n) is 9.64. The SMILES string of the molecule is O=C(CCc1ccccc1)Nc1ccc(N2CCN(c3ccccc3)C2=O)nc1. The van der Waals surface area contributed by atoms with Crippen LogP contribution in [0, 0.1) is 0 Å². The molecule has 29 heavy (non-hydrogen) atoms. The van der Waals surface area contributed by atoms with Gasteiger partial charge in [-0.3, -0.25) is 14.6 Å². The number of aryl methyl sites for hydroxylation is 1. The van der Waals surface area contributed by atoms with Gasteiger partial charge in [0.05, 0.1) is 11.9 Å². The highest BCUT2D eigenvalue weighted by Crippen LogP contribution is 2.24. The Hall–Kier alpha value is -3.67. The molecule has 6 nitrogen and oxygen atoms in total. The Morgan fingerprint density at radius 2 is 1.59 bits per heavy atom. The van der Waals surface area contributed by atoms with Crippen LogP contribution in [0.5, 0.6) is 0 Å². The molecule has 0 spiro atoms. The molecule has 3 amide bonds. The second-order valence-corrected chi connectivity index (χ2v) is 6.86. The summed E-state index contributed by atoms with van der Waals surface area (Å²) in [5.74, 6) is 0.520. The van der Waals surface area contributed by atoms with Gasteiger partial charge in [0.25, 0.3) is 0 Å². The minimum absolute atomic E-state index is 0.0593. The summed E-state index contributed by atoms with van der Waals surface area (Å²) in [6.45, 7) is 1.19. The number of amides is 3. The van der Waals surface area contributed by atoms with Crippen molar-refractivity contribution in [2.75, 3.05) is 28.2 Å². The molecule has 1 aromatic heterocycles.